The maximum absolute atomic E-state index is 12.3. The van der Waals surface area contributed by atoms with Crippen LogP contribution in [-0.4, -0.2) is 46.0 Å². The van der Waals surface area contributed by atoms with Gasteiger partial charge in [-0.25, -0.2) is 0 Å². The zero-order valence-electron chi connectivity index (χ0n) is 10.5. The van der Waals surface area contributed by atoms with Gasteiger partial charge in [0.15, 0.2) is 14.1 Å². The quantitative estimate of drug-likeness (QED) is 0.487. The van der Waals surface area contributed by atoms with Crippen LogP contribution in [0.2, 0.25) is 0 Å². The molecule has 1 saturated carbocycles. The first-order chi connectivity index (χ1) is 9.61. The number of hydrogen-bond acceptors (Lipinski definition) is 5. The van der Waals surface area contributed by atoms with Gasteiger partial charge in [-0.2, -0.15) is 0 Å². The number of carbonyl (C=O) groups excluding carboxylic acids is 2. The summed E-state index contributed by atoms with van der Waals surface area (Å²) < 4.78 is 13.6. The van der Waals surface area contributed by atoms with Gasteiger partial charge in [0.2, 0.25) is 0 Å². The lowest BCUT2D eigenvalue weighted by atomic mass is 9.81. The van der Waals surface area contributed by atoms with Gasteiger partial charge in [-0.1, -0.05) is 39.1 Å². The van der Waals surface area contributed by atoms with E-state index in [9.17, 15) is 9.59 Å². The Morgan fingerprint density at radius 1 is 1.29 bits per heavy atom. The molecule has 4 bridgehead atoms. The number of methoxy groups -OCH3 is 2. The minimum atomic E-state index is -1.92. The van der Waals surface area contributed by atoms with Crippen molar-refractivity contribution in [2.75, 3.05) is 14.2 Å². The molecular weight excluding hydrogens is 434 g/mol. The molecule has 0 aromatic heterocycles. The third-order valence-corrected chi connectivity index (χ3v) is 8.55. The van der Waals surface area contributed by atoms with E-state index in [1.165, 1.54) is 7.11 Å². The monoisotopic (exact) mass is 438 g/mol. The van der Waals surface area contributed by atoms with Crippen molar-refractivity contribution in [1.82, 2.24) is 0 Å². The van der Waals surface area contributed by atoms with Gasteiger partial charge in [0.1, 0.15) is 5.92 Å². The van der Waals surface area contributed by atoms with Crippen molar-refractivity contribution in [1.29, 1.82) is 0 Å². The van der Waals surface area contributed by atoms with Crippen molar-refractivity contribution < 1.29 is 23.8 Å². The lowest BCUT2D eigenvalue weighted by Gasteiger charge is -2.42. The summed E-state index contributed by atoms with van der Waals surface area (Å²) in [6, 6.07) is 0. The van der Waals surface area contributed by atoms with Crippen LogP contribution in [0.3, 0.4) is 0 Å². The van der Waals surface area contributed by atoms with Crippen LogP contribution in [0.4, 0.5) is 0 Å². The van der Waals surface area contributed by atoms with Gasteiger partial charge in [0.25, 0.3) is 5.79 Å². The van der Waals surface area contributed by atoms with Crippen molar-refractivity contribution in [2.24, 2.45) is 5.92 Å². The SMILES string of the molecule is COC(=O)[C@@H]1[C@]2(Cl)C(Cl)=C(Cl)[C@@]3(Cl)[C@@]2(OC)OC(=O)[C@]13Br. The Hall–Kier alpha value is 0.280. The van der Waals surface area contributed by atoms with E-state index >= 15 is 0 Å². The summed E-state index contributed by atoms with van der Waals surface area (Å²) in [6.07, 6.45) is 0. The molecule has 1 heterocycles. The van der Waals surface area contributed by atoms with Crippen LogP contribution < -0.4 is 0 Å². The van der Waals surface area contributed by atoms with Crippen LogP contribution in [0, 0.1) is 5.92 Å². The molecule has 0 spiro atoms. The summed E-state index contributed by atoms with van der Waals surface area (Å²) in [5.41, 5.74) is 0. The van der Waals surface area contributed by atoms with Crippen molar-refractivity contribution in [2.45, 2.75) is 19.9 Å². The highest BCUT2D eigenvalue weighted by Crippen LogP contribution is 2.80. The third kappa shape index (κ3) is 1.20. The van der Waals surface area contributed by atoms with Crippen LogP contribution in [0.1, 0.15) is 0 Å². The largest absolute Gasteiger partial charge is 0.469 e. The molecule has 2 fully saturated rings. The fourth-order valence-electron chi connectivity index (χ4n) is 3.42. The average Bonchev–Trinajstić information content (AvgIpc) is 2.77. The highest BCUT2D eigenvalue weighted by atomic mass is 79.9. The molecule has 5 nitrogen and oxygen atoms in total. The van der Waals surface area contributed by atoms with Crippen LogP contribution in [0.5, 0.6) is 0 Å². The first-order valence-corrected chi connectivity index (χ1v) is 7.91. The predicted octanol–water partition coefficient (Wildman–Crippen LogP) is 2.48. The zero-order chi connectivity index (χ0) is 16.0. The van der Waals surface area contributed by atoms with Crippen LogP contribution in [0.25, 0.3) is 0 Å². The maximum Gasteiger partial charge on any atom is 0.329 e. The fraction of sp³-hybridized carbons (Fsp3) is 0.636. The van der Waals surface area contributed by atoms with Crippen molar-refractivity contribution in [3.63, 3.8) is 0 Å². The van der Waals surface area contributed by atoms with E-state index < -0.39 is 37.7 Å². The molecule has 0 aromatic carbocycles. The molecule has 1 saturated heterocycles. The lowest BCUT2D eigenvalue weighted by Crippen LogP contribution is -2.60. The zero-order valence-corrected chi connectivity index (χ0v) is 15.1. The Bertz CT molecular complexity index is 626. The molecule has 10 heteroatoms. The minimum Gasteiger partial charge on any atom is -0.469 e. The van der Waals surface area contributed by atoms with E-state index in [2.05, 4.69) is 15.9 Å². The highest BCUT2D eigenvalue weighted by molar-refractivity contribution is 9.10. The number of hydrogen-bond donors (Lipinski definition) is 0. The number of ether oxygens (including phenoxy) is 3. The van der Waals surface area contributed by atoms with E-state index in [1.807, 2.05) is 0 Å². The minimum absolute atomic E-state index is 0.106. The summed E-state index contributed by atoms with van der Waals surface area (Å²) in [4.78, 5) is 21.0. The van der Waals surface area contributed by atoms with Crippen molar-refractivity contribution in [3.8, 4) is 0 Å². The molecule has 21 heavy (non-hydrogen) atoms. The average molecular weight is 441 g/mol. The Morgan fingerprint density at radius 3 is 2.29 bits per heavy atom. The lowest BCUT2D eigenvalue weighted by molar-refractivity contribution is -0.221. The second-order valence-electron chi connectivity index (χ2n) is 4.88. The molecular formula is C11H7BrCl4O5. The van der Waals surface area contributed by atoms with Crippen LogP contribution in [0.15, 0.2) is 10.1 Å². The first kappa shape index (κ1) is 16.1. The third-order valence-electron chi connectivity index (χ3n) is 4.30. The second-order valence-corrected chi connectivity index (χ2v) is 8.05. The standard InChI is InChI=1S/C11H7BrCl4O5/c1-19-6(17)3-8(12)7(18)21-11(20-2)9(3,15)4(13)5(14)10(8,11)16/h3H,1-2H3/t3-,8+,9-,10-,11-/m0/s1. The smallest absolute Gasteiger partial charge is 0.329 e. The van der Waals surface area contributed by atoms with Crippen LogP contribution in [-0.2, 0) is 23.8 Å². The maximum atomic E-state index is 12.3. The number of carbonyl (C=O) groups is 2. The molecule has 0 amide bonds. The van der Waals surface area contributed by atoms with E-state index in [-0.39, 0.29) is 10.1 Å². The molecule has 116 valence electrons. The summed E-state index contributed by atoms with van der Waals surface area (Å²) in [7, 11) is 2.39. The Balaban J connectivity index is 2.42. The van der Waals surface area contributed by atoms with Crippen molar-refractivity contribution in [3.05, 3.63) is 10.1 Å². The normalized spacial score (nSPS) is 50.6. The summed E-state index contributed by atoms with van der Waals surface area (Å²) in [6.45, 7) is 0. The molecule has 0 unspecified atom stereocenters. The van der Waals surface area contributed by atoms with Gasteiger partial charge < -0.3 is 14.2 Å². The fourth-order valence-corrected chi connectivity index (χ4v) is 6.83. The van der Waals surface area contributed by atoms with Gasteiger partial charge in [-0.05, 0) is 0 Å². The van der Waals surface area contributed by atoms with Gasteiger partial charge in [-0.3, -0.25) is 9.59 Å². The molecule has 3 rings (SSSR count). The topological polar surface area (TPSA) is 61.8 Å². The second kappa shape index (κ2) is 4.22. The number of rotatable bonds is 2. The summed E-state index contributed by atoms with van der Waals surface area (Å²) in [5.74, 6) is -4.81. The Kier molecular flexibility index (Phi) is 3.24. The first-order valence-electron chi connectivity index (χ1n) is 5.60. The van der Waals surface area contributed by atoms with E-state index in [4.69, 9.17) is 60.6 Å². The molecule has 5 atom stereocenters. The van der Waals surface area contributed by atoms with E-state index in [0.29, 0.717) is 0 Å². The predicted molar refractivity (Wildman–Crippen MR) is 78.9 cm³/mol. The molecule has 0 aromatic rings. The van der Waals surface area contributed by atoms with E-state index in [0.717, 1.165) is 7.11 Å². The summed E-state index contributed by atoms with van der Waals surface area (Å²) >= 11 is 28.8. The molecule has 0 N–H and O–H groups in total. The van der Waals surface area contributed by atoms with Crippen molar-refractivity contribution >= 4 is 74.3 Å². The van der Waals surface area contributed by atoms with Gasteiger partial charge >= 0.3 is 11.9 Å². The number of halogens is 5. The molecule has 2 aliphatic carbocycles. The van der Waals surface area contributed by atoms with Crippen LogP contribution >= 0.6 is 62.3 Å². The summed E-state index contributed by atoms with van der Waals surface area (Å²) in [5, 5.41) is -0.216. The van der Waals surface area contributed by atoms with Gasteiger partial charge in [-0.15, -0.1) is 23.2 Å². The molecule has 0 radical (unpaired) electrons. The van der Waals surface area contributed by atoms with Gasteiger partial charge in [0.05, 0.1) is 17.2 Å². The Labute approximate surface area is 147 Å². The van der Waals surface area contributed by atoms with Gasteiger partial charge in [0, 0.05) is 7.11 Å². The van der Waals surface area contributed by atoms with E-state index in [1.54, 1.807) is 0 Å². The number of esters is 2. The number of alkyl halides is 3. The molecule has 1 aliphatic heterocycles. The molecule has 3 aliphatic rings. The highest BCUT2D eigenvalue weighted by Gasteiger charge is 2.98. The Morgan fingerprint density at radius 2 is 1.86 bits per heavy atom.